The van der Waals surface area contributed by atoms with Gasteiger partial charge in [0.15, 0.2) is 6.40 Å². The molecule has 4 aliphatic heterocycles. The highest BCUT2D eigenvalue weighted by molar-refractivity contribution is 8.12. The van der Waals surface area contributed by atoms with E-state index in [-0.39, 0.29) is 0 Å². The largest absolute Gasteiger partial charge is 0.482 e. The molecule has 0 aliphatic carbocycles. The second-order valence-electron chi connectivity index (χ2n) is 8.52. The molecule has 5 aromatic heterocycles. The summed E-state index contributed by atoms with van der Waals surface area (Å²) < 4.78 is 4.65. The van der Waals surface area contributed by atoms with E-state index < -0.39 is 0 Å². The van der Waals surface area contributed by atoms with Crippen LogP contribution in [0.1, 0.15) is 262 Å². The number of aliphatic imine (C=N–C) groups is 4. The van der Waals surface area contributed by atoms with Gasteiger partial charge in [-0.05, 0) is 49.4 Å². The maximum absolute atomic E-state index is 4.65. The first kappa shape index (κ1) is 130. The molecule has 0 radical (unpaired) electrons. The highest BCUT2D eigenvalue weighted by Crippen LogP contribution is 1.99. The van der Waals surface area contributed by atoms with E-state index in [1.165, 1.54) is 50.3 Å². The Morgan fingerprint density at radius 1 is 0.314 bits per heavy atom. The average molecular weight is 1240 g/mol. The van der Waals surface area contributed by atoms with Crippen LogP contribution in [0.4, 0.5) is 0 Å². The minimum Gasteiger partial charge on any atom is -0.482 e. The Morgan fingerprint density at radius 2 is 0.674 bits per heavy atom. The van der Waals surface area contributed by atoms with E-state index in [4.69, 9.17) is 0 Å². The number of hydrogen-bond donors (Lipinski definition) is 1. The molecule has 0 saturated heterocycles. The Balaban J connectivity index is -0.0000000355. The molecular formula is C69H151N15OS. The summed E-state index contributed by atoms with van der Waals surface area (Å²) in [6.45, 7) is 77.7. The maximum atomic E-state index is 4.65. The van der Waals surface area contributed by atoms with Crippen molar-refractivity contribution in [3.63, 3.8) is 0 Å². The van der Waals surface area contributed by atoms with Crippen molar-refractivity contribution in [3.8, 4) is 0 Å². The van der Waals surface area contributed by atoms with Gasteiger partial charge in [-0.15, -0.1) is 11.8 Å². The van der Waals surface area contributed by atoms with Crippen LogP contribution in [0.25, 0.3) is 0 Å². The number of nitrogens with zero attached hydrogens (tertiary/aromatic N) is 14. The van der Waals surface area contributed by atoms with Gasteiger partial charge in [0.1, 0.15) is 31.9 Å². The van der Waals surface area contributed by atoms with Gasteiger partial charge in [-0.2, -0.15) is 10.2 Å². The van der Waals surface area contributed by atoms with Gasteiger partial charge in [0.25, 0.3) is 0 Å². The number of pyridine rings is 1. The van der Waals surface area contributed by atoms with Crippen molar-refractivity contribution < 1.29 is 4.74 Å². The summed E-state index contributed by atoms with van der Waals surface area (Å²) in [6.07, 6.45) is 30.2. The van der Waals surface area contributed by atoms with Crippen LogP contribution in [0.2, 0.25) is 0 Å². The summed E-state index contributed by atoms with van der Waals surface area (Å²) >= 11 is 1.78. The molecule has 16 nitrogen and oxygen atoms in total. The number of ether oxygens (including phenoxy) is 1. The lowest BCUT2D eigenvalue weighted by molar-refractivity contribution is 0.361. The zero-order valence-corrected chi connectivity index (χ0v) is 64.6. The van der Waals surface area contributed by atoms with Crippen molar-refractivity contribution in [3.05, 3.63) is 124 Å². The summed E-state index contributed by atoms with van der Waals surface area (Å²) in [5, 5.41) is 10.0. The summed E-state index contributed by atoms with van der Waals surface area (Å²) in [7, 11) is 0. The number of hydrogen-bond acceptors (Lipinski definition) is 17. The minimum absolute atomic E-state index is 0.778. The van der Waals surface area contributed by atoms with Gasteiger partial charge in [-0.1, -0.05) is 255 Å². The van der Waals surface area contributed by atoms with Crippen LogP contribution in [0, 0.1) is 0 Å². The Hall–Kier alpha value is -5.97. The van der Waals surface area contributed by atoms with E-state index in [0.717, 1.165) is 39.3 Å². The Bertz CT molecular complexity index is 1020. The molecule has 0 saturated carbocycles. The lowest BCUT2D eigenvalue weighted by Gasteiger charge is -1.76. The minimum atomic E-state index is 0.778. The molecule has 0 bridgehead atoms. The Morgan fingerprint density at radius 3 is 0.779 bits per heavy atom. The van der Waals surface area contributed by atoms with Crippen molar-refractivity contribution in [1.29, 1.82) is 0 Å². The second-order valence-corrected chi connectivity index (χ2v) is 9.47. The SMILES string of the molecule is C1=NCCC1.C1=NCCN1.C1=NCCO1.C1=NCCS1.CC.CC.CC.CC.CC.CC.CC.CC.CC.CC.CC.CC.CC.CC.CC.CC.CC.CC.c1ccncc1.c1ccnnc1.c1cnccn1.c1cncnc1.c1ncncn1. The predicted octanol–water partition coefficient (Wildman–Crippen LogP) is 22.1. The van der Waals surface area contributed by atoms with Crippen LogP contribution < -0.4 is 5.32 Å². The first-order chi connectivity index (χ1) is 43.0. The van der Waals surface area contributed by atoms with Crippen molar-refractivity contribution in [2.24, 2.45) is 20.0 Å². The van der Waals surface area contributed by atoms with Gasteiger partial charge in [0, 0.05) is 87.4 Å². The molecular weight excluding hydrogens is 1090 g/mol. The van der Waals surface area contributed by atoms with Crippen LogP contribution in [0.5, 0.6) is 0 Å². The molecule has 5 aromatic rings. The third kappa shape index (κ3) is 239. The predicted molar refractivity (Wildman–Crippen MR) is 404 cm³/mol. The number of rotatable bonds is 0. The Kier molecular flexibility index (Phi) is 375. The van der Waals surface area contributed by atoms with Crippen molar-refractivity contribution in [1.82, 2.24) is 55.4 Å². The van der Waals surface area contributed by atoms with Crippen LogP contribution in [-0.4, -0.2) is 120 Å². The van der Waals surface area contributed by atoms with E-state index >= 15 is 0 Å². The number of nitrogens with one attached hydrogen (secondary N) is 1. The fourth-order valence-corrected chi connectivity index (χ4v) is 3.11. The van der Waals surface area contributed by atoms with E-state index in [1.54, 1.807) is 86.1 Å². The second kappa shape index (κ2) is 248. The van der Waals surface area contributed by atoms with Gasteiger partial charge in [-0.3, -0.25) is 34.9 Å². The molecule has 4 aliphatic rings. The van der Waals surface area contributed by atoms with Gasteiger partial charge in [0.05, 0.1) is 25.0 Å². The zero-order chi connectivity index (χ0) is 71.4. The van der Waals surface area contributed by atoms with Crippen molar-refractivity contribution >= 4 is 36.3 Å². The van der Waals surface area contributed by atoms with Gasteiger partial charge < -0.3 is 10.1 Å². The highest BCUT2D eigenvalue weighted by Gasteiger charge is 1.87. The molecule has 0 aromatic carbocycles. The summed E-state index contributed by atoms with van der Waals surface area (Å²) in [4.78, 5) is 44.7. The molecule has 9 heterocycles. The lowest BCUT2D eigenvalue weighted by Crippen LogP contribution is -2.04. The first-order valence-corrected chi connectivity index (χ1v) is 34.5. The standard InChI is InChI=1S/C5H5N.3C4H4N2.C4H7N.C3H3N3.C3H6N2.C3H5NO.C3H5NS.18C2H6/c1-2-4-6-5-3-1;1-2-6-4-3-5-1;1-2-5-4-6-3-1;1-2-4-6-5-3-1;1-2-4-5-3-1;1-4-2-6-3-5-1;3*1-2-5-3-4-1;18*1-2/h1-5H;3*1-4H;3H,1-2,4H2;1-3H;3H,1-2H2,(H,4,5);2*3H,1-2H2;18*1-2H3. The van der Waals surface area contributed by atoms with E-state index in [0.29, 0.717) is 0 Å². The molecule has 0 spiro atoms. The van der Waals surface area contributed by atoms with E-state index in [9.17, 15) is 0 Å². The van der Waals surface area contributed by atoms with Crippen molar-refractivity contribution in [2.75, 3.05) is 45.1 Å². The van der Waals surface area contributed by atoms with Gasteiger partial charge in [-0.25, -0.2) is 24.9 Å². The molecule has 1 N–H and O–H groups in total. The maximum Gasteiger partial charge on any atom is 0.169 e. The van der Waals surface area contributed by atoms with E-state index in [1.807, 2.05) is 291 Å². The summed E-state index contributed by atoms with van der Waals surface area (Å²) in [5.41, 5.74) is 1.90. The van der Waals surface area contributed by atoms with Crippen LogP contribution >= 0.6 is 11.8 Å². The first-order valence-electron chi connectivity index (χ1n) is 33.4. The molecule has 514 valence electrons. The summed E-state index contributed by atoms with van der Waals surface area (Å²) in [5.74, 6) is 1.19. The molecule has 0 fully saturated rings. The highest BCUT2D eigenvalue weighted by atomic mass is 32.2. The van der Waals surface area contributed by atoms with Gasteiger partial charge in [0.2, 0.25) is 0 Å². The Labute approximate surface area is 544 Å². The molecule has 86 heavy (non-hydrogen) atoms. The number of thioether (sulfide) groups is 1. The number of aromatic nitrogens is 10. The lowest BCUT2D eigenvalue weighted by atomic mass is 10.4. The quantitative estimate of drug-likeness (QED) is 0.154. The monoisotopic (exact) mass is 1240 g/mol. The summed E-state index contributed by atoms with van der Waals surface area (Å²) in [6, 6.07) is 11.1. The molecule has 9 rings (SSSR count). The van der Waals surface area contributed by atoms with Crippen LogP contribution in [-0.2, 0) is 4.74 Å². The van der Waals surface area contributed by atoms with Crippen LogP contribution in [0.3, 0.4) is 0 Å². The molecule has 0 unspecified atom stereocenters. The van der Waals surface area contributed by atoms with Crippen molar-refractivity contribution in [2.45, 2.75) is 262 Å². The molecule has 0 amide bonds. The van der Waals surface area contributed by atoms with Gasteiger partial charge >= 0.3 is 0 Å². The molecule has 17 heteroatoms. The third-order valence-electron chi connectivity index (χ3n) is 4.70. The topological polar surface area (TPSA) is 200 Å². The molecule has 0 atom stereocenters. The average Bonchev–Trinajstić information content (AvgIpc) is 4.59. The zero-order valence-electron chi connectivity index (χ0n) is 63.8. The normalized spacial score (nSPS) is 8.70. The van der Waals surface area contributed by atoms with Crippen LogP contribution in [0.15, 0.2) is 144 Å². The fraction of sp³-hybridized carbons (Fsp3) is 0.652. The fourth-order valence-electron chi connectivity index (χ4n) is 2.58. The smallest absolute Gasteiger partial charge is 0.169 e. The van der Waals surface area contributed by atoms with E-state index in [2.05, 4.69) is 80.1 Å². The third-order valence-corrected chi connectivity index (χ3v) is 5.41.